The minimum absolute atomic E-state index is 0.0899. The van der Waals surface area contributed by atoms with Gasteiger partial charge in [0.1, 0.15) is 4.21 Å². The molecular weight excluding hydrogens is 526 g/mol. The quantitative estimate of drug-likeness (QED) is 0.469. The van der Waals surface area contributed by atoms with Crippen LogP contribution in [-0.4, -0.2) is 73.0 Å². The molecule has 2 aliphatic rings. The van der Waals surface area contributed by atoms with Crippen LogP contribution in [0.1, 0.15) is 28.0 Å². The van der Waals surface area contributed by atoms with Crippen molar-refractivity contribution in [3.8, 4) is 0 Å². The van der Waals surface area contributed by atoms with Crippen molar-refractivity contribution in [2.75, 3.05) is 32.7 Å². The van der Waals surface area contributed by atoms with Gasteiger partial charge in [0.05, 0.1) is 10.9 Å². The van der Waals surface area contributed by atoms with Crippen LogP contribution < -0.4 is 5.32 Å². The van der Waals surface area contributed by atoms with Crippen LogP contribution in [0.2, 0.25) is 5.02 Å². The molecule has 4 heterocycles. The van der Waals surface area contributed by atoms with Crippen molar-refractivity contribution in [2.45, 2.75) is 23.6 Å². The van der Waals surface area contributed by atoms with Crippen LogP contribution in [0.3, 0.4) is 0 Å². The summed E-state index contributed by atoms with van der Waals surface area (Å²) in [5, 5.41) is 13.0. The highest BCUT2D eigenvalue weighted by Crippen LogP contribution is 2.33. The predicted molar refractivity (Wildman–Crippen MR) is 141 cm³/mol. The first kappa shape index (κ1) is 24.5. The van der Waals surface area contributed by atoms with E-state index in [-0.39, 0.29) is 29.2 Å². The number of rotatable bonds is 5. The van der Waals surface area contributed by atoms with Crippen molar-refractivity contribution in [3.63, 3.8) is 0 Å². The predicted octanol–water partition coefficient (Wildman–Crippen LogP) is 3.94. The number of thiazole rings is 1. The van der Waals surface area contributed by atoms with E-state index in [1.54, 1.807) is 36.2 Å². The molecule has 184 valence electrons. The van der Waals surface area contributed by atoms with Gasteiger partial charge in [-0.2, -0.15) is 4.31 Å². The number of amides is 1. The Balaban J connectivity index is 1.25. The summed E-state index contributed by atoms with van der Waals surface area (Å²) in [6.07, 6.45) is 4.57. The molecule has 1 aromatic carbocycles. The van der Waals surface area contributed by atoms with E-state index in [1.807, 2.05) is 12.1 Å². The van der Waals surface area contributed by atoms with Crippen molar-refractivity contribution in [2.24, 2.45) is 0 Å². The summed E-state index contributed by atoms with van der Waals surface area (Å²) in [6.45, 7) is 3.64. The molecular formula is C23H24ClN5O3S3. The molecule has 0 radical (unpaired) electrons. The number of carbonyl (C=O) groups excluding carboxylic acids is 1. The van der Waals surface area contributed by atoms with Gasteiger partial charge >= 0.3 is 0 Å². The lowest BCUT2D eigenvalue weighted by molar-refractivity contribution is 0.0697. The first-order valence-corrected chi connectivity index (χ1v) is 14.6. The Morgan fingerprint density at radius 1 is 1.20 bits per heavy atom. The highest BCUT2D eigenvalue weighted by Gasteiger charge is 2.32. The maximum absolute atomic E-state index is 13.2. The van der Waals surface area contributed by atoms with Crippen LogP contribution in [0.25, 0.3) is 15.7 Å². The van der Waals surface area contributed by atoms with E-state index < -0.39 is 10.0 Å². The van der Waals surface area contributed by atoms with Crippen LogP contribution in [0.15, 0.2) is 40.7 Å². The van der Waals surface area contributed by atoms with Gasteiger partial charge in [-0.3, -0.25) is 4.79 Å². The number of carbonyl (C=O) groups is 1. The molecule has 1 unspecified atom stereocenters. The lowest BCUT2D eigenvalue weighted by Crippen LogP contribution is -2.50. The Labute approximate surface area is 216 Å². The summed E-state index contributed by atoms with van der Waals surface area (Å²) in [5.74, 6) is -0.177. The first-order valence-electron chi connectivity index (χ1n) is 11.2. The highest BCUT2D eigenvalue weighted by molar-refractivity contribution is 7.91. The number of piperazine rings is 1. The normalized spacial score (nSPS) is 19.7. The number of aromatic nitrogens is 1. The van der Waals surface area contributed by atoms with Crippen LogP contribution in [-0.2, 0) is 10.0 Å². The fourth-order valence-electron chi connectivity index (χ4n) is 4.21. The molecule has 1 atom stereocenters. The molecule has 2 aromatic heterocycles. The molecule has 35 heavy (non-hydrogen) atoms. The zero-order chi connectivity index (χ0) is 24.7. The third kappa shape index (κ3) is 4.93. The van der Waals surface area contributed by atoms with Crippen LogP contribution in [0.4, 0.5) is 0 Å². The lowest BCUT2D eigenvalue weighted by Gasteiger charge is -2.33. The Kier molecular flexibility index (Phi) is 6.81. The number of halogens is 1. The standard InChI is InChI=1S/C23H24ClN5O3S3/c1-14(25)18-10-16(4-5-26-18)20-13-27-22(34-20)23(30)28-6-8-29(9-7-28)35(31,32)21-11-15-2-3-17(24)12-19(15)33-21/h2-3,10-13,18,25-26H,4-9H2,1H3. The molecule has 3 aromatic rings. The summed E-state index contributed by atoms with van der Waals surface area (Å²) in [5.41, 5.74) is 1.65. The second-order valence-electron chi connectivity index (χ2n) is 8.53. The summed E-state index contributed by atoms with van der Waals surface area (Å²) < 4.78 is 29.0. The Morgan fingerprint density at radius 2 is 1.97 bits per heavy atom. The van der Waals surface area contributed by atoms with Crippen molar-refractivity contribution in [1.29, 1.82) is 5.41 Å². The van der Waals surface area contributed by atoms with Gasteiger partial charge in [0.25, 0.3) is 15.9 Å². The molecule has 8 nitrogen and oxygen atoms in total. The zero-order valence-electron chi connectivity index (χ0n) is 19.0. The Morgan fingerprint density at radius 3 is 2.71 bits per heavy atom. The van der Waals surface area contributed by atoms with Gasteiger partial charge in [-0.1, -0.05) is 23.7 Å². The number of sulfonamides is 1. The molecule has 1 fully saturated rings. The monoisotopic (exact) mass is 549 g/mol. The lowest BCUT2D eigenvalue weighted by atomic mass is 10.0. The minimum atomic E-state index is -3.65. The molecule has 0 bridgehead atoms. The van der Waals surface area contributed by atoms with Gasteiger partial charge in [0.2, 0.25) is 0 Å². The fraction of sp³-hybridized carbons (Fsp3) is 0.348. The van der Waals surface area contributed by atoms with E-state index >= 15 is 0 Å². The van der Waals surface area contributed by atoms with Gasteiger partial charge in [0.15, 0.2) is 5.01 Å². The minimum Gasteiger partial charge on any atom is -0.334 e. The maximum atomic E-state index is 13.2. The maximum Gasteiger partial charge on any atom is 0.282 e. The van der Waals surface area contributed by atoms with Gasteiger partial charge in [-0.25, -0.2) is 13.4 Å². The van der Waals surface area contributed by atoms with Crippen molar-refractivity contribution in [1.82, 2.24) is 19.5 Å². The molecule has 5 rings (SSSR count). The first-order chi connectivity index (χ1) is 16.7. The summed E-state index contributed by atoms with van der Waals surface area (Å²) in [4.78, 5) is 20.0. The van der Waals surface area contributed by atoms with E-state index in [4.69, 9.17) is 17.0 Å². The number of hydrogen-bond acceptors (Lipinski definition) is 8. The average Bonchev–Trinajstić information content (AvgIpc) is 3.51. The van der Waals surface area contributed by atoms with Gasteiger partial charge < -0.3 is 15.6 Å². The molecule has 1 saturated heterocycles. The van der Waals surface area contributed by atoms with Crippen LogP contribution in [0.5, 0.6) is 0 Å². The molecule has 1 amide bonds. The summed E-state index contributed by atoms with van der Waals surface area (Å²) in [7, 11) is -3.65. The Bertz CT molecular complexity index is 1440. The second-order valence-corrected chi connectivity index (χ2v) is 13.2. The zero-order valence-corrected chi connectivity index (χ0v) is 22.2. The molecule has 2 aliphatic heterocycles. The second kappa shape index (κ2) is 9.72. The van der Waals surface area contributed by atoms with E-state index in [0.29, 0.717) is 28.8 Å². The van der Waals surface area contributed by atoms with Gasteiger partial charge in [0, 0.05) is 54.4 Å². The molecule has 0 aliphatic carbocycles. The molecule has 0 saturated carbocycles. The third-order valence-electron chi connectivity index (χ3n) is 6.18. The third-order valence-corrected chi connectivity index (χ3v) is 10.9. The van der Waals surface area contributed by atoms with Crippen molar-refractivity contribution in [3.05, 3.63) is 51.4 Å². The number of nitrogens with zero attached hydrogens (tertiary/aromatic N) is 3. The van der Waals surface area contributed by atoms with Gasteiger partial charge in [-0.05, 0) is 42.5 Å². The Hall–Kier alpha value is -2.15. The SMILES string of the molecule is CC(=N)C1C=C(c2cnc(C(=O)N3CCN(S(=O)(=O)c4cc5ccc(Cl)cc5s4)CC3)s2)CCN1. The average molecular weight is 550 g/mol. The van der Waals surface area contributed by atoms with Crippen LogP contribution >= 0.6 is 34.3 Å². The molecule has 2 N–H and O–H groups in total. The molecule has 0 spiro atoms. The number of nitrogens with one attached hydrogen (secondary N) is 2. The van der Waals surface area contributed by atoms with E-state index in [0.717, 1.165) is 33.5 Å². The van der Waals surface area contributed by atoms with E-state index in [2.05, 4.69) is 10.3 Å². The summed E-state index contributed by atoms with van der Waals surface area (Å²) >= 11 is 8.60. The highest BCUT2D eigenvalue weighted by atomic mass is 35.5. The smallest absolute Gasteiger partial charge is 0.282 e. The van der Waals surface area contributed by atoms with Crippen LogP contribution in [0, 0.1) is 5.41 Å². The summed E-state index contributed by atoms with van der Waals surface area (Å²) in [6, 6.07) is 6.92. The largest absolute Gasteiger partial charge is 0.334 e. The number of fused-ring (bicyclic) bond motifs is 1. The van der Waals surface area contributed by atoms with Crippen molar-refractivity contribution < 1.29 is 13.2 Å². The topological polar surface area (TPSA) is 106 Å². The number of thiophene rings is 1. The van der Waals surface area contributed by atoms with E-state index in [1.165, 1.54) is 27.0 Å². The van der Waals surface area contributed by atoms with Crippen molar-refractivity contribution >= 4 is 71.6 Å². The number of hydrogen-bond donors (Lipinski definition) is 2. The van der Waals surface area contributed by atoms with Gasteiger partial charge in [-0.15, -0.1) is 22.7 Å². The fourth-order valence-corrected chi connectivity index (χ4v) is 8.40. The number of benzene rings is 1. The van der Waals surface area contributed by atoms with E-state index in [9.17, 15) is 13.2 Å². The molecule has 12 heteroatoms.